The normalized spacial score (nSPS) is 10.4. The first-order valence-electron chi connectivity index (χ1n) is 6.00. The first kappa shape index (κ1) is 13.8. The van der Waals surface area contributed by atoms with E-state index in [2.05, 4.69) is 14.7 Å². The summed E-state index contributed by atoms with van der Waals surface area (Å²) in [6.07, 6.45) is 0.708. The molecule has 1 N–H and O–H groups in total. The zero-order chi connectivity index (χ0) is 13.5. The minimum atomic E-state index is 0.658. The second-order valence-electron chi connectivity index (χ2n) is 3.96. The SMILES string of the molecule is COCCNc1nc(Cc2cccc(OC)c2)ns1. The first-order valence-corrected chi connectivity index (χ1v) is 6.77. The Balaban J connectivity index is 1.95. The van der Waals surface area contributed by atoms with Crippen LogP contribution in [0, 0.1) is 0 Å². The Hall–Kier alpha value is -1.66. The summed E-state index contributed by atoms with van der Waals surface area (Å²) < 4.78 is 14.5. The van der Waals surface area contributed by atoms with Crippen LogP contribution in [0.4, 0.5) is 5.13 Å². The van der Waals surface area contributed by atoms with Crippen molar-refractivity contribution in [3.8, 4) is 5.75 Å². The fourth-order valence-corrected chi connectivity index (χ4v) is 2.23. The average Bonchev–Trinajstić information content (AvgIpc) is 2.87. The van der Waals surface area contributed by atoms with Crippen molar-refractivity contribution in [2.45, 2.75) is 6.42 Å². The third kappa shape index (κ3) is 4.18. The van der Waals surface area contributed by atoms with Gasteiger partial charge >= 0.3 is 0 Å². The predicted molar refractivity (Wildman–Crippen MR) is 76.1 cm³/mol. The summed E-state index contributed by atoms with van der Waals surface area (Å²) in [6, 6.07) is 7.94. The van der Waals surface area contributed by atoms with Crippen LogP contribution in [0.1, 0.15) is 11.4 Å². The van der Waals surface area contributed by atoms with Crippen LogP contribution in [0.5, 0.6) is 5.75 Å². The van der Waals surface area contributed by atoms with E-state index in [4.69, 9.17) is 9.47 Å². The fourth-order valence-electron chi connectivity index (χ4n) is 1.62. The Kier molecular flexibility index (Phi) is 5.11. The minimum absolute atomic E-state index is 0.658. The number of rotatable bonds is 7. The van der Waals surface area contributed by atoms with Crippen molar-refractivity contribution in [3.05, 3.63) is 35.7 Å². The van der Waals surface area contributed by atoms with Crippen molar-refractivity contribution in [2.24, 2.45) is 0 Å². The van der Waals surface area contributed by atoms with Gasteiger partial charge in [-0.2, -0.15) is 4.37 Å². The van der Waals surface area contributed by atoms with Crippen LogP contribution in [-0.2, 0) is 11.2 Å². The molecule has 0 saturated heterocycles. The molecule has 2 rings (SSSR count). The molecule has 0 fully saturated rings. The van der Waals surface area contributed by atoms with Gasteiger partial charge in [-0.25, -0.2) is 4.98 Å². The number of hydrogen-bond donors (Lipinski definition) is 1. The van der Waals surface area contributed by atoms with Crippen molar-refractivity contribution in [3.63, 3.8) is 0 Å². The highest BCUT2D eigenvalue weighted by molar-refractivity contribution is 7.09. The van der Waals surface area contributed by atoms with Crippen molar-refractivity contribution in [1.29, 1.82) is 0 Å². The molecule has 0 aliphatic heterocycles. The molecule has 0 aliphatic rings. The molecule has 0 unspecified atom stereocenters. The number of hydrogen-bond acceptors (Lipinski definition) is 6. The number of aromatic nitrogens is 2. The number of methoxy groups -OCH3 is 2. The maximum absolute atomic E-state index is 5.20. The molecule has 2 aromatic rings. The van der Waals surface area contributed by atoms with Crippen molar-refractivity contribution < 1.29 is 9.47 Å². The molecule has 1 aromatic carbocycles. The van der Waals surface area contributed by atoms with Gasteiger partial charge in [-0.1, -0.05) is 12.1 Å². The maximum Gasteiger partial charge on any atom is 0.202 e. The van der Waals surface area contributed by atoms with E-state index in [0.717, 1.165) is 28.8 Å². The van der Waals surface area contributed by atoms with Gasteiger partial charge < -0.3 is 14.8 Å². The summed E-state index contributed by atoms with van der Waals surface area (Å²) >= 11 is 1.37. The van der Waals surface area contributed by atoms with Gasteiger partial charge in [0, 0.05) is 31.6 Å². The Morgan fingerprint density at radius 2 is 2.21 bits per heavy atom. The van der Waals surface area contributed by atoms with Crippen LogP contribution in [0.25, 0.3) is 0 Å². The monoisotopic (exact) mass is 279 g/mol. The summed E-state index contributed by atoms with van der Waals surface area (Å²) in [5.74, 6) is 1.67. The van der Waals surface area contributed by atoms with Crippen LogP contribution >= 0.6 is 11.5 Å². The Labute approximate surface area is 116 Å². The zero-order valence-electron chi connectivity index (χ0n) is 11.0. The lowest BCUT2D eigenvalue weighted by Crippen LogP contribution is -2.07. The molecular weight excluding hydrogens is 262 g/mol. The number of benzene rings is 1. The molecule has 0 spiro atoms. The topological polar surface area (TPSA) is 56.3 Å². The van der Waals surface area contributed by atoms with Crippen LogP contribution in [0.3, 0.4) is 0 Å². The van der Waals surface area contributed by atoms with Crippen molar-refractivity contribution >= 4 is 16.7 Å². The van der Waals surface area contributed by atoms with Crippen molar-refractivity contribution in [2.75, 3.05) is 32.7 Å². The van der Waals surface area contributed by atoms with E-state index in [-0.39, 0.29) is 0 Å². The van der Waals surface area contributed by atoms with E-state index < -0.39 is 0 Å². The molecule has 1 aromatic heterocycles. The molecule has 19 heavy (non-hydrogen) atoms. The number of nitrogens with zero attached hydrogens (tertiary/aromatic N) is 2. The summed E-state index contributed by atoms with van der Waals surface area (Å²) in [4.78, 5) is 4.43. The number of ether oxygens (including phenoxy) is 2. The Morgan fingerprint density at radius 1 is 1.32 bits per heavy atom. The van der Waals surface area contributed by atoms with E-state index >= 15 is 0 Å². The van der Waals surface area contributed by atoms with Crippen LogP contribution in [0.15, 0.2) is 24.3 Å². The molecule has 0 bridgehead atoms. The molecule has 0 amide bonds. The van der Waals surface area contributed by atoms with Gasteiger partial charge in [0.15, 0.2) is 0 Å². The largest absolute Gasteiger partial charge is 0.497 e. The van der Waals surface area contributed by atoms with Gasteiger partial charge in [0.1, 0.15) is 11.6 Å². The Morgan fingerprint density at radius 3 is 3.00 bits per heavy atom. The van der Waals surface area contributed by atoms with Gasteiger partial charge in [0.2, 0.25) is 5.13 Å². The molecule has 0 radical (unpaired) electrons. The predicted octanol–water partition coefficient (Wildman–Crippen LogP) is 2.20. The van der Waals surface area contributed by atoms with Gasteiger partial charge in [-0.15, -0.1) is 0 Å². The highest BCUT2D eigenvalue weighted by atomic mass is 32.1. The Bertz CT molecular complexity index is 516. The summed E-state index contributed by atoms with van der Waals surface area (Å²) in [6.45, 7) is 1.40. The van der Waals surface area contributed by atoms with Crippen LogP contribution < -0.4 is 10.1 Å². The molecule has 5 nitrogen and oxygen atoms in total. The molecule has 0 aliphatic carbocycles. The van der Waals surface area contributed by atoms with Crippen molar-refractivity contribution in [1.82, 2.24) is 9.36 Å². The van der Waals surface area contributed by atoms with Gasteiger partial charge in [0.05, 0.1) is 13.7 Å². The van der Waals surface area contributed by atoms with Gasteiger partial charge in [-0.3, -0.25) is 0 Å². The van der Waals surface area contributed by atoms with Gasteiger partial charge in [-0.05, 0) is 17.7 Å². The van der Waals surface area contributed by atoms with E-state index in [1.54, 1.807) is 14.2 Å². The molecule has 0 atom stereocenters. The third-order valence-corrected chi connectivity index (χ3v) is 3.26. The number of anilines is 1. The fraction of sp³-hybridized carbons (Fsp3) is 0.385. The average molecular weight is 279 g/mol. The maximum atomic E-state index is 5.20. The molecule has 102 valence electrons. The zero-order valence-corrected chi connectivity index (χ0v) is 11.9. The first-order chi connectivity index (χ1) is 9.31. The smallest absolute Gasteiger partial charge is 0.202 e. The highest BCUT2D eigenvalue weighted by Gasteiger charge is 2.05. The second-order valence-corrected chi connectivity index (χ2v) is 4.72. The standard InChI is InChI=1S/C13H17N3O2S/c1-17-7-6-14-13-15-12(16-19-13)9-10-4-3-5-11(8-10)18-2/h3-5,8H,6-7,9H2,1-2H3,(H,14,15,16). The summed E-state index contributed by atoms with van der Waals surface area (Å²) in [5, 5.41) is 4.00. The third-order valence-electron chi connectivity index (χ3n) is 2.55. The van der Waals surface area contributed by atoms with E-state index in [0.29, 0.717) is 13.0 Å². The second kappa shape index (κ2) is 7.06. The number of nitrogens with one attached hydrogen (secondary N) is 1. The summed E-state index contributed by atoms with van der Waals surface area (Å²) in [7, 11) is 3.34. The van der Waals surface area contributed by atoms with E-state index in [1.807, 2.05) is 24.3 Å². The molecular formula is C13H17N3O2S. The lowest BCUT2D eigenvalue weighted by molar-refractivity contribution is 0.211. The molecule has 1 heterocycles. The van der Waals surface area contributed by atoms with Gasteiger partial charge in [0.25, 0.3) is 0 Å². The van der Waals surface area contributed by atoms with Crippen LogP contribution in [0.2, 0.25) is 0 Å². The molecule has 0 saturated carbocycles. The minimum Gasteiger partial charge on any atom is -0.497 e. The lowest BCUT2D eigenvalue weighted by Gasteiger charge is -2.02. The molecule has 6 heteroatoms. The lowest BCUT2D eigenvalue weighted by atomic mass is 10.1. The van der Waals surface area contributed by atoms with E-state index in [1.165, 1.54) is 11.5 Å². The van der Waals surface area contributed by atoms with Crippen LogP contribution in [-0.4, -0.2) is 36.7 Å². The quantitative estimate of drug-likeness (QED) is 0.787. The summed E-state index contributed by atoms with van der Waals surface area (Å²) in [5.41, 5.74) is 1.14. The highest BCUT2D eigenvalue weighted by Crippen LogP contribution is 2.17. The van der Waals surface area contributed by atoms with E-state index in [9.17, 15) is 0 Å².